The van der Waals surface area contributed by atoms with Crippen LogP contribution < -0.4 is 14.7 Å². The lowest BCUT2D eigenvalue weighted by Crippen LogP contribution is -2.27. The van der Waals surface area contributed by atoms with E-state index in [9.17, 15) is 4.79 Å². The van der Waals surface area contributed by atoms with Crippen LogP contribution in [0.1, 0.15) is 20.8 Å². The molecule has 1 aromatic carbocycles. The molecule has 1 aromatic rings. The smallest absolute Gasteiger partial charge is 0.512 e. The number of methoxy groups -OCH3 is 1. The first-order chi connectivity index (χ1) is 9.21. The SMILES string of the molecule is COc1cc(OB(O)O)ccc1NC(=O)OC(C)(C)C. The number of nitrogens with one attached hydrogen (secondary N) is 1. The molecular formula is C12H18BNO6. The van der Waals surface area contributed by atoms with E-state index < -0.39 is 19.0 Å². The van der Waals surface area contributed by atoms with E-state index in [-0.39, 0.29) is 5.75 Å². The molecule has 0 bridgehead atoms. The number of anilines is 1. The molecule has 0 aliphatic heterocycles. The zero-order valence-electron chi connectivity index (χ0n) is 11.8. The summed E-state index contributed by atoms with van der Waals surface area (Å²) in [6, 6.07) is 4.36. The minimum Gasteiger partial charge on any atom is -0.512 e. The lowest BCUT2D eigenvalue weighted by molar-refractivity contribution is 0.0635. The minimum absolute atomic E-state index is 0.187. The van der Waals surface area contributed by atoms with E-state index >= 15 is 0 Å². The molecule has 0 heterocycles. The Kier molecular flexibility index (Phi) is 5.23. The Balaban J connectivity index is 2.82. The van der Waals surface area contributed by atoms with E-state index in [1.807, 2.05) is 0 Å². The van der Waals surface area contributed by atoms with E-state index in [1.54, 1.807) is 20.8 Å². The standard InChI is InChI=1S/C12H18BNO6/c1-12(2,3)19-11(15)14-9-6-5-8(20-13(16)17)7-10(9)18-4/h5-7,16-17H,1-4H3,(H,14,15). The van der Waals surface area contributed by atoms with Crippen LogP contribution in [0.4, 0.5) is 10.5 Å². The van der Waals surface area contributed by atoms with Gasteiger partial charge in [0, 0.05) is 6.07 Å². The molecule has 3 N–H and O–H groups in total. The highest BCUT2D eigenvalue weighted by Crippen LogP contribution is 2.29. The summed E-state index contributed by atoms with van der Waals surface area (Å²) in [5, 5.41) is 20.0. The van der Waals surface area contributed by atoms with Gasteiger partial charge in [-0.05, 0) is 32.9 Å². The van der Waals surface area contributed by atoms with Crippen molar-refractivity contribution in [3.05, 3.63) is 18.2 Å². The van der Waals surface area contributed by atoms with Crippen LogP contribution in [0.5, 0.6) is 11.5 Å². The Hall–Kier alpha value is -1.93. The third kappa shape index (κ3) is 5.37. The fourth-order valence-electron chi connectivity index (χ4n) is 1.38. The molecule has 1 rings (SSSR count). The molecule has 0 aliphatic rings. The van der Waals surface area contributed by atoms with E-state index in [0.717, 1.165) is 0 Å². The molecule has 0 aromatic heterocycles. The summed E-state index contributed by atoms with van der Waals surface area (Å²) in [5.74, 6) is 0.487. The normalized spacial score (nSPS) is 10.7. The van der Waals surface area contributed by atoms with Crippen LogP contribution in [0.25, 0.3) is 0 Å². The maximum absolute atomic E-state index is 11.7. The lowest BCUT2D eigenvalue weighted by Gasteiger charge is -2.20. The van der Waals surface area contributed by atoms with Crippen LogP contribution in [0.15, 0.2) is 18.2 Å². The minimum atomic E-state index is -1.93. The molecule has 8 heteroatoms. The molecule has 0 radical (unpaired) electrons. The van der Waals surface area contributed by atoms with Crippen LogP contribution in [0.2, 0.25) is 0 Å². The van der Waals surface area contributed by atoms with E-state index in [2.05, 4.69) is 9.97 Å². The number of hydrogen-bond donors (Lipinski definition) is 3. The largest absolute Gasteiger partial charge is 0.707 e. The molecule has 1 amide bonds. The first-order valence-corrected chi connectivity index (χ1v) is 5.92. The van der Waals surface area contributed by atoms with Gasteiger partial charge in [-0.3, -0.25) is 5.32 Å². The van der Waals surface area contributed by atoms with Crippen molar-refractivity contribution in [2.45, 2.75) is 26.4 Å². The molecular weight excluding hydrogens is 265 g/mol. The highest BCUT2D eigenvalue weighted by Gasteiger charge is 2.18. The van der Waals surface area contributed by atoms with E-state index in [0.29, 0.717) is 11.4 Å². The van der Waals surface area contributed by atoms with Crippen LogP contribution in [0.3, 0.4) is 0 Å². The Bertz CT molecular complexity index is 472. The number of carbonyl (C=O) groups excluding carboxylic acids is 1. The molecule has 0 saturated carbocycles. The highest BCUT2D eigenvalue weighted by atomic mass is 16.6. The number of amides is 1. The van der Waals surface area contributed by atoms with Gasteiger partial charge in [0.05, 0.1) is 12.8 Å². The van der Waals surface area contributed by atoms with Gasteiger partial charge in [0.2, 0.25) is 0 Å². The van der Waals surface area contributed by atoms with Gasteiger partial charge in [0.15, 0.2) is 0 Å². The van der Waals surface area contributed by atoms with Crippen LogP contribution >= 0.6 is 0 Å². The summed E-state index contributed by atoms with van der Waals surface area (Å²) in [6.07, 6.45) is -0.619. The van der Waals surface area contributed by atoms with Crippen LogP contribution in [-0.2, 0) is 4.74 Å². The second kappa shape index (κ2) is 6.49. The van der Waals surface area contributed by atoms with Crippen molar-refractivity contribution in [1.82, 2.24) is 0 Å². The fourth-order valence-corrected chi connectivity index (χ4v) is 1.38. The highest BCUT2D eigenvalue weighted by molar-refractivity contribution is 6.33. The Morgan fingerprint density at radius 3 is 2.45 bits per heavy atom. The molecule has 110 valence electrons. The van der Waals surface area contributed by atoms with Crippen molar-refractivity contribution in [2.24, 2.45) is 0 Å². The number of ether oxygens (including phenoxy) is 2. The summed E-state index contributed by atoms with van der Waals surface area (Å²) < 4.78 is 14.9. The van der Waals surface area contributed by atoms with Gasteiger partial charge in [0.1, 0.15) is 17.1 Å². The third-order valence-corrected chi connectivity index (χ3v) is 2.05. The maximum Gasteiger partial charge on any atom is 0.707 e. The van der Waals surface area contributed by atoms with Crippen LogP contribution in [0, 0.1) is 0 Å². The summed E-state index contributed by atoms with van der Waals surface area (Å²) >= 11 is 0. The molecule has 0 fully saturated rings. The fraction of sp³-hybridized carbons (Fsp3) is 0.417. The monoisotopic (exact) mass is 283 g/mol. The topological polar surface area (TPSA) is 97.3 Å². The van der Waals surface area contributed by atoms with Gasteiger partial charge in [0.25, 0.3) is 0 Å². The second-order valence-electron chi connectivity index (χ2n) is 4.93. The Morgan fingerprint density at radius 1 is 1.30 bits per heavy atom. The summed E-state index contributed by atoms with van der Waals surface area (Å²) in [6.45, 7) is 5.26. The third-order valence-electron chi connectivity index (χ3n) is 2.05. The predicted molar refractivity (Wildman–Crippen MR) is 73.7 cm³/mol. The van der Waals surface area contributed by atoms with Crippen molar-refractivity contribution < 1.29 is 29.0 Å². The van der Waals surface area contributed by atoms with Gasteiger partial charge in [-0.1, -0.05) is 0 Å². The van der Waals surface area contributed by atoms with Crippen molar-refractivity contribution in [3.63, 3.8) is 0 Å². The number of benzene rings is 1. The molecule has 0 saturated heterocycles. The summed E-state index contributed by atoms with van der Waals surface area (Å²) in [7, 11) is -0.515. The van der Waals surface area contributed by atoms with Gasteiger partial charge in [-0.25, -0.2) is 4.79 Å². The number of hydrogen-bond acceptors (Lipinski definition) is 6. The molecule has 0 spiro atoms. The zero-order valence-corrected chi connectivity index (χ0v) is 11.8. The molecule has 7 nitrogen and oxygen atoms in total. The Labute approximate surface area is 117 Å². The molecule has 20 heavy (non-hydrogen) atoms. The first-order valence-electron chi connectivity index (χ1n) is 5.92. The van der Waals surface area contributed by atoms with E-state index in [1.165, 1.54) is 25.3 Å². The van der Waals surface area contributed by atoms with Crippen molar-refractivity contribution >= 4 is 19.1 Å². The quantitative estimate of drug-likeness (QED) is 0.722. The van der Waals surface area contributed by atoms with Crippen molar-refractivity contribution in [1.29, 1.82) is 0 Å². The van der Waals surface area contributed by atoms with Crippen molar-refractivity contribution in [3.8, 4) is 11.5 Å². The van der Waals surface area contributed by atoms with E-state index in [4.69, 9.17) is 19.5 Å². The summed E-state index contributed by atoms with van der Waals surface area (Å²) in [5.41, 5.74) is -0.233. The average Bonchev–Trinajstić information content (AvgIpc) is 2.27. The first kappa shape index (κ1) is 16.1. The molecule has 0 unspecified atom stereocenters. The average molecular weight is 283 g/mol. The van der Waals surface area contributed by atoms with Gasteiger partial charge in [-0.15, -0.1) is 0 Å². The zero-order chi connectivity index (χ0) is 15.3. The molecule has 0 aliphatic carbocycles. The van der Waals surface area contributed by atoms with Crippen LogP contribution in [-0.4, -0.2) is 36.2 Å². The van der Waals surface area contributed by atoms with Gasteiger partial charge in [-0.2, -0.15) is 0 Å². The summed E-state index contributed by atoms with van der Waals surface area (Å²) in [4.78, 5) is 11.7. The van der Waals surface area contributed by atoms with Gasteiger partial charge < -0.3 is 24.2 Å². The lowest BCUT2D eigenvalue weighted by atomic mass is 10.2. The van der Waals surface area contributed by atoms with Crippen molar-refractivity contribution in [2.75, 3.05) is 12.4 Å². The van der Waals surface area contributed by atoms with Gasteiger partial charge >= 0.3 is 13.4 Å². The Morgan fingerprint density at radius 2 is 1.95 bits per heavy atom. The number of rotatable bonds is 4. The predicted octanol–water partition coefficient (Wildman–Crippen LogP) is 1.39. The maximum atomic E-state index is 11.7. The molecule has 0 atom stereocenters. The number of carbonyl (C=O) groups is 1. The second-order valence-corrected chi connectivity index (χ2v) is 4.93.